The largest absolute Gasteiger partial charge is 0.465 e. The summed E-state index contributed by atoms with van der Waals surface area (Å²) >= 11 is 5.96. The fourth-order valence-electron chi connectivity index (χ4n) is 1.64. The molecule has 0 heterocycles. The standard InChI is InChI=1S/C13H13ClN2O4/c1-3-20-12(17)13(2,8-15)7-9-6-10(16(18)19)4-5-11(9)14/h4-6H,3,7H2,1-2H3. The van der Waals surface area contributed by atoms with Crippen molar-refractivity contribution in [2.24, 2.45) is 5.41 Å². The maximum atomic E-state index is 11.8. The molecule has 0 saturated heterocycles. The molecule has 0 aliphatic carbocycles. The van der Waals surface area contributed by atoms with Gasteiger partial charge in [0.2, 0.25) is 0 Å². The lowest BCUT2D eigenvalue weighted by molar-refractivity contribution is -0.384. The van der Waals surface area contributed by atoms with Gasteiger partial charge in [-0.3, -0.25) is 14.9 Å². The summed E-state index contributed by atoms with van der Waals surface area (Å²) in [4.78, 5) is 22.0. The number of halogens is 1. The minimum Gasteiger partial charge on any atom is -0.465 e. The fraction of sp³-hybridized carbons (Fsp3) is 0.385. The van der Waals surface area contributed by atoms with Gasteiger partial charge in [0.25, 0.3) is 5.69 Å². The predicted molar refractivity (Wildman–Crippen MR) is 72.2 cm³/mol. The number of carbonyl (C=O) groups is 1. The topological polar surface area (TPSA) is 93.2 Å². The van der Waals surface area contributed by atoms with Crippen LogP contribution in [0.1, 0.15) is 19.4 Å². The van der Waals surface area contributed by atoms with Crippen molar-refractivity contribution in [1.82, 2.24) is 0 Å². The lowest BCUT2D eigenvalue weighted by atomic mass is 9.85. The van der Waals surface area contributed by atoms with Gasteiger partial charge in [-0.25, -0.2) is 0 Å². The van der Waals surface area contributed by atoms with Crippen LogP contribution in [0.15, 0.2) is 18.2 Å². The van der Waals surface area contributed by atoms with Crippen molar-refractivity contribution >= 4 is 23.3 Å². The summed E-state index contributed by atoms with van der Waals surface area (Å²) in [7, 11) is 0. The molecule has 0 N–H and O–H groups in total. The molecule has 0 spiro atoms. The Morgan fingerprint density at radius 1 is 1.60 bits per heavy atom. The third-order valence-corrected chi connectivity index (χ3v) is 3.13. The SMILES string of the molecule is CCOC(=O)C(C)(C#N)Cc1cc([N+](=O)[O-])ccc1Cl. The zero-order valence-electron chi connectivity index (χ0n) is 11.1. The molecule has 0 bridgehead atoms. The Labute approximate surface area is 121 Å². The van der Waals surface area contributed by atoms with Crippen LogP contribution in [0, 0.1) is 26.9 Å². The summed E-state index contributed by atoms with van der Waals surface area (Å²) in [6.07, 6.45) is -0.0527. The van der Waals surface area contributed by atoms with E-state index in [9.17, 15) is 20.2 Å². The van der Waals surface area contributed by atoms with Crippen LogP contribution in [0.3, 0.4) is 0 Å². The Hall–Kier alpha value is -2.13. The van der Waals surface area contributed by atoms with Gasteiger partial charge in [-0.05, 0) is 25.5 Å². The number of non-ortho nitro benzene ring substituents is 1. The number of ether oxygens (including phenoxy) is 1. The van der Waals surface area contributed by atoms with Crippen LogP contribution in [0.4, 0.5) is 5.69 Å². The minimum absolute atomic E-state index is 0.0527. The minimum atomic E-state index is -1.44. The first-order valence-electron chi connectivity index (χ1n) is 5.85. The summed E-state index contributed by atoms with van der Waals surface area (Å²) in [5.41, 5.74) is -1.22. The van der Waals surface area contributed by atoms with Crippen LogP contribution in [-0.4, -0.2) is 17.5 Å². The third kappa shape index (κ3) is 3.45. The van der Waals surface area contributed by atoms with Crippen molar-refractivity contribution in [3.05, 3.63) is 38.9 Å². The summed E-state index contributed by atoms with van der Waals surface area (Å²) < 4.78 is 4.85. The number of benzene rings is 1. The molecule has 0 aromatic heterocycles. The zero-order chi connectivity index (χ0) is 15.3. The molecule has 0 aliphatic rings. The van der Waals surface area contributed by atoms with E-state index in [1.807, 2.05) is 6.07 Å². The number of carbonyl (C=O) groups excluding carboxylic acids is 1. The fourth-order valence-corrected chi connectivity index (χ4v) is 1.82. The monoisotopic (exact) mass is 296 g/mol. The number of hydrogen-bond donors (Lipinski definition) is 0. The molecule has 20 heavy (non-hydrogen) atoms. The summed E-state index contributed by atoms with van der Waals surface area (Å²) in [5, 5.41) is 20.2. The molecule has 6 nitrogen and oxygen atoms in total. The quantitative estimate of drug-likeness (QED) is 0.473. The van der Waals surface area contributed by atoms with Crippen LogP contribution in [0.25, 0.3) is 0 Å². The maximum Gasteiger partial charge on any atom is 0.326 e. The van der Waals surface area contributed by atoms with Gasteiger partial charge in [0.1, 0.15) is 0 Å². The van der Waals surface area contributed by atoms with E-state index in [1.165, 1.54) is 25.1 Å². The van der Waals surface area contributed by atoms with E-state index < -0.39 is 16.3 Å². The first-order valence-corrected chi connectivity index (χ1v) is 6.23. The highest BCUT2D eigenvalue weighted by atomic mass is 35.5. The third-order valence-electron chi connectivity index (χ3n) is 2.76. The molecular weight excluding hydrogens is 284 g/mol. The first kappa shape index (κ1) is 15.9. The summed E-state index contributed by atoms with van der Waals surface area (Å²) in [6, 6.07) is 5.78. The van der Waals surface area contributed by atoms with Gasteiger partial charge in [0.05, 0.1) is 17.6 Å². The lowest BCUT2D eigenvalue weighted by Gasteiger charge is -2.19. The highest BCUT2D eigenvalue weighted by Crippen LogP contribution is 2.30. The molecule has 1 aromatic rings. The van der Waals surface area contributed by atoms with Gasteiger partial charge in [-0.2, -0.15) is 5.26 Å². The highest BCUT2D eigenvalue weighted by molar-refractivity contribution is 6.31. The summed E-state index contributed by atoms with van der Waals surface area (Å²) in [6.45, 7) is 3.20. The second kappa shape index (κ2) is 6.35. The van der Waals surface area contributed by atoms with Crippen LogP contribution < -0.4 is 0 Å². The molecule has 7 heteroatoms. The van der Waals surface area contributed by atoms with Crippen LogP contribution in [0.5, 0.6) is 0 Å². The first-order chi connectivity index (χ1) is 9.34. The predicted octanol–water partition coefficient (Wildman–Crippen LogP) is 2.88. The number of nitriles is 1. The molecule has 0 amide bonds. The molecular formula is C13H13ClN2O4. The van der Waals surface area contributed by atoms with E-state index in [-0.39, 0.29) is 23.7 Å². The highest BCUT2D eigenvalue weighted by Gasteiger charge is 2.36. The Kier molecular flexibility index (Phi) is 5.06. The van der Waals surface area contributed by atoms with E-state index in [0.29, 0.717) is 5.56 Å². The van der Waals surface area contributed by atoms with Crippen molar-refractivity contribution in [2.45, 2.75) is 20.3 Å². The summed E-state index contributed by atoms with van der Waals surface area (Å²) in [5.74, 6) is -0.676. The number of nitro groups is 1. The Morgan fingerprint density at radius 2 is 2.25 bits per heavy atom. The van der Waals surface area contributed by atoms with Crippen molar-refractivity contribution < 1.29 is 14.5 Å². The van der Waals surface area contributed by atoms with Crippen molar-refractivity contribution in [2.75, 3.05) is 6.61 Å². The molecule has 106 valence electrons. The van der Waals surface area contributed by atoms with Crippen molar-refractivity contribution in [3.63, 3.8) is 0 Å². The molecule has 0 radical (unpaired) electrons. The van der Waals surface area contributed by atoms with Gasteiger partial charge in [0, 0.05) is 23.6 Å². The zero-order valence-corrected chi connectivity index (χ0v) is 11.8. The molecule has 0 saturated carbocycles. The molecule has 1 unspecified atom stereocenters. The van der Waals surface area contributed by atoms with E-state index in [0.717, 1.165) is 0 Å². The molecule has 0 aliphatic heterocycles. The van der Waals surface area contributed by atoms with Gasteiger partial charge in [-0.1, -0.05) is 11.6 Å². The van der Waals surface area contributed by atoms with Gasteiger partial charge < -0.3 is 4.74 Å². The van der Waals surface area contributed by atoms with Gasteiger partial charge >= 0.3 is 5.97 Å². The Morgan fingerprint density at radius 3 is 2.75 bits per heavy atom. The second-order valence-electron chi connectivity index (χ2n) is 4.37. The van der Waals surface area contributed by atoms with E-state index in [1.54, 1.807) is 6.92 Å². The maximum absolute atomic E-state index is 11.8. The molecule has 0 fully saturated rings. The number of nitro benzene ring substituents is 1. The van der Waals surface area contributed by atoms with Crippen LogP contribution in [-0.2, 0) is 16.0 Å². The van der Waals surface area contributed by atoms with Gasteiger partial charge in [-0.15, -0.1) is 0 Å². The van der Waals surface area contributed by atoms with Crippen molar-refractivity contribution in [1.29, 1.82) is 5.26 Å². The normalized spacial score (nSPS) is 13.1. The second-order valence-corrected chi connectivity index (χ2v) is 4.78. The number of esters is 1. The number of hydrogen-bond acceptors (Lipinski definition) is 5. The molecule has 1 atom stereocenters. The Balaban J connectivity index is 3.13. The smallest absolute Gasteiger partial charge is 0.326 e. The van der Waals surface area contributed by atoms with E-state index in [4.69, 9.17) is 16.3 Å². The lowest BCUT2D eigenvalue weighted by Crippen LogP contribution is -2.30. The Bertz CT molecular complexity index is 582. The molecule has 1 aromatic carbocycles. The van der Waals surface area contributed by atoms with Crippen LogP contribution in [0.2, 0.25) is 5.02 Å². The average Bonchev–Trinajstić information content (AvgIpc) is 2.41. The van der Waals surface area contributed by atoms with Gasteiger partial charge in [0.15, 0.2) is 5.41 Å². The van der Waals surface area contributed by atoms with Crippen molar-refractivity contribution in [3.8, 4) is 6.07 Å². The average molecular weight is 297 g/mol. The molecule has 1 rings (SSSR count). The number of nitrogens with zero attached hydrogens (tertiary/aromatic N) is 2. The van der Waals surface area contributed by atoms with E-state index >= 15 is 0 Å². The number of rotatable bonds is 5. The van der Waals surface area contributed by atoms with Crippen LogP contribution >= 0.6 is 11.6 Å². The van der Waals surface area contributed by atoms with E-state index in [2.05, 4.69) is 0 Å².